The second-order valence-electron chi connectivity index (χ2n) is 7.74. The summed E-state index contributed by atoms with van der Waals surface area (Å²) in [6.07, 6.45) is 1.92. The third-order valence-corrected chi connectivity index (χ3v) is 5.32. The van der Waals surface area contributed by atoms with E-state index in [9.17, 15) is 5.11 Å². The van der Waals surface area contributed by atoms with Gasteiger partial charge in [-0.25, -0.2) is 9.97 Å². The molecule has 0 saturated carbocycles. The minimum atomic E-state index is -0.223. The lowest BCUT2D eigenvalue weighted by Crippen LogP contribution is -2.20. The van der Waals surface area contributed by atoms with Gasteiger partial charge in [-0.2, -0.15) is 0 Å². The van der Waals surface area contributed by atoms with Crippen molar-refractivity contribution in [1.82, 2.24) is 4.98 Å². The summed E-state index contributed by atoms with van der Waals surface area (Å²) in [7, 11) is 0. The van der Waals surface area contributed by atoms with Gasteiger partial charge in [0.25, 0.3) is 5.82 Å². The molecular weight excluding hydrogens is 358 g/mol. The van der Waals surface area contributed by atoms with E-state index >= 15 is 0 Å². The summed E-state index contributed by atoms with van der Waals surface area (Å²) in [5.41, 5.74) is 6.95. The SMILES string of the molecule is Cc1cc[nH+]c(N[C@H](c2cc(C)ccc2C)c2ccc3ccc(C)nc3c2O)c1. The molecule has 146 valence electrons. The molecular formula is C25H26N3O+. The highest BCUT2D eigenvalue weighted by atomic mass is 16.3. The molecule has 0 amide bonds. The summed E-state index contributed by atoms with van der Waals surface area (Å²) < 4.78 is 0. The van der Waals surface area contributed by atoms with E-state index in [0.717, 1.165) is 39.2 Å². The minimum absolute atomic E-state index is 0.220. The summed E-state index contributed by atoms with van der Waals surface area (Å²) >= 11 is 0. The second-order valence-corrected chi connectivity index (χ2v) is 7.74. The molecule has 2 aromatic carbocycles. The average Bonchev–Trinajstić information content (AvgIpc) is 2.69. The van der Waals surface area contributed by atoms with Crippen LogP contribution in [0.2, 0.25) is 0 Å². The van der Waals surface area contributed by atoms with Crippen LogP contribution >= 0.6 is 0 Å². The van der Waals surface area contributed by atoms with Crippen LogP contribution in [0.1, 0.15) is 39.6 Å². The number of fused-ring (bicyclic) bond motifs is 1. The van der Waals surface area contributed by atoms with Crippen molar-refractivity contribution < 1.29 is 10.1 Å². The summed E-state index contributed by atoms with van der Waals surface area (Å²) in [5.74, 6) is 1.12. The predicted molar refractivity (Wildman–Crippen MR) is 117 cm³/mol. The number of H-pyrrole nitrogens is 1. The third kappa shape index (κ3) is 3.79. The van der Waals surface area contributed by atoms with Gasteiger partial charge in [0, 0.05) is 28.3 Å². The van der Waals surface area contributed by atoms with E-state index in [1.807, 2.05) is 43.5 Å². The van der Waals surface area contributed by atoms with Gasteiger partial charge in [-0.05, 0) is 57.0 Å². The molecule has 29 heavy (non-hydrogen) atoms. The first-order valence-corrected chi connectivity index (χ1v) is 9.83. The molecule has 0 unspecified atom stereocenters. The van der Waals surface area contributed by atoms with Crippen LogP contribution in [0.4, 0.5) is 5.82 Å². The normalized spacial score (nSPS) is 12.1. The summed E-state index contributed by atoms with van der Waals surface area (Å²) in [6.45, 7) is 8.19. The quantitative estimate of drug-likeness (QED) is 0.509. The molecule has 0 radical (unpaired) electrons. The van der Waals surface area contributed by atoms with Crippen molar-refractivity contribution >= 4 is 16.7 Å². The van der Waals surface area contributed by atoms with Crippen molar-refractivity contribution in [3.05, 3.63) is 94.3 Å². The van der Waals surface area contributed by atoms with Crippen molar-refractivity contribution in [3.63, 3.8) is 0 Å². The van der Waals surface area contributed by atoms with Crippen LogP contribution in [-0.4, -0.2) is 10.1 Å². The Bertz CT molecular complexity index is 1200. The molecule has 1 atom stereocenters. The van der Waals surface area contributed by atoms with Crippen molar-refractivity contribution in [2.45, 2.75) is 33.7 Å². The van der Waals surface area contributed by atoms with E-state index in [2.05, 4.69) is 60.3 Å². The highest BCUT2D eigenvalue weighted by molar-refractivity contribution is 5.86. The molecule has 2 heterocycles. The fraction of sp³-hybridized carbons (Fsp3) is 0.200. The maximum Gasteiger partial charge on any atom is 0.273 e. The maximum atomic E-state index is 11.2. The first kappa shape index (κ1) is 18.9. The molecule has 4 heteroatoms. The van der Waals surface area contributed by atoms with Crippen LogP contribution in [0.3, 0.4) is 0 Å². The number of phenolic OH excluding ortho intramolecular Hbond substituents is 1. The zero-order chi connectivity index (χ0) is 20.5. The average molecular weight is 385 g/mol. The first-order valence-electron chi connectivity index (χ1n) is 9.83. The molecule has 4 aromatic rings. The zero-order valence-corrected chi connectivity index (χ0v) is 17.2. The molecule has 3 N–H and O–H groups in total. The lowest BCUT2D eigenvalue weighted by molar-refractivity contribution is -0.361. The van der Waals surface area contributed by atoms with Crippen LogP contribution in [0, 0.1) is 27.7 Å². The van der Waals surface area contributed by atoms with E-state index in [-0.39, 0.29) is 11.8 Å². The number of hydrogen-bond acceptors (Lipinski definition) is 3. The zero-order valence-electron chi connectivity index (χ0n) is 17.2. The number of nitrogens with zero attached hydrogens (tertiary/aromatic N) is 1. The van der Waals surface area contributed by atoms with E-state index in [1.165, 1.54) is 5.56 Å². The monoisotopic (exact) mass is 384 g/mol. The highest BCUT2D eigenvalue weighted by Gasteiger charge is 2.26. The predicted octanol–water partition coefficient (Wildman–Crippen LogP) is 5.19. The largest absolute Gasteiger partial charge is 0.505 e. The molecule has 0 aliphatic rings. The van der Waals surface area contributed by atoms with Crippen LogP contribution < -0.4 is 10.3 Å². The molecule has 0 aliphatic carbocycles. The molecule has 0 aliphatic heterocycles. The molecule has 0 spiro atoms. The summed E-state index contributed by atoms with van der Waals surface area (Å²) in [6, 6.07) is 18.3. The van der Waals surface area contributed by atoms with Crippen LogP contribution in [-0.2, 0) is 0 Å². The highest BCUT2D eigenvalue weighted by Crippen LogP contribution is 2.37. The van der Waals surface area contributed by atoms with Gasteiger partial charge < -0.3 is 5.11 Å². The Balaban J connectivity index is 1.91. The number of rotatable bonds is 4. The van der Waals surface area contributed by atoms with Gasteiger partial charge >= 0.3 is 0 Å². The van der Waals surface area contributed by atoms with Gasteiger partial charge in [0.1, 0.15) is 17.3 Å². The molecule has 4 rings (SSSR count). The lowest BCUT2D eigenvalue weighted by atomic mass is 9.92. The molecule has 4 nitrogen and oxygen atoms in total. The Morgan fingerprint density at radius 2 is 1.62 bits per heavy atom. The van der Waals surface area contributed by atoms with Gasteiger partial charge in [0.2, 0.25) is 0 Å². The van der Waals surface area contributed by atoms with E-state index in [4.69, 9.17) is 0 Å². The van der Waals surface area contributed by atoms with E-state index in [1.54, 1.807) is 0 Å². The fourth-order valence-electron chi connectivity index (χ4n) is 3.73. The summed E-state index contributed by atoms with van der Waals surface area (Å²) in [5, 5.41) is 15.7. The number of benzene rings is 2. The third-order valence-electron chi connectivity index (χ3n) is 5.32. The molecule has 2 aromatic heterocycles. The maximum absolute atomic E-state index is 11.2. The number of aryl methyl sites for hydroxylation is 4. The number of aromatic amines is 1. The number of nitrogens with one attached hydrogen (secondary N) is 2. The smallest absolute Gasteiger partial charge is 0.273 e. The first-order chi connectivity index (χ1) is 13.9. The van der Waals surface area contributed by atoms with Gasteiger partial charge in [-0.15, -0.1) is 0 Å². The second kappa shape index (κ2) is 7.55. The Morgan fingerprint density at radius 1 is 0.862 bits per heavy atom. The van der Waals surface area contributed by atoms with Gasteiger partial charge in [0.05, 0.1) is 6.20 Å². The number of phenols is 1. The number of hydrogen-bond donors (Lipinski definition) is 2. The van der Waals surface area contributed by atoms with Crippen LogP contribution in [0.5, 0.6) is 5.75 Å². The Hall–Kier alpha value is -3.40. The van der Waals surface area contributed by atoms with E-state index in [0.29, 0.717) is 5.52 Å². The van der Waals surface area contributed by atoms with Gasteiger partial charge in [-0.1, -0.05) is 35.9 Å². The minimum Gasteiger partial charge on any atom is -0.505 e. The molecule has 0 bridgehead atoms. The lowest BCUT2D eigenvalue weighted by Gasteiger charge is -2.20. The molecule has 0 fully saturated rings. The molecule has 0 saturated heterocycles. The van der Waals surface area contributed by atoms with E-state index < -0.39 is 0 Å². The van der Waals surface area contributed by atoms with Crippen molar-refractivity contribution in [3.8, 4) is 5.75 Å². The number of pyridine rings is 2. The van der Waals surface area contributed by atoms with Crippen molar-refractivity contribution in [2.24, 2.45) is 0 Å². The van der Waals surface area contributed by atoms with Crippen molar-refractivity contribution in [2.75, 3.05) is 5.32 Å². The number of aromatic nitrogens is 2. The fourth-order valence-corrected chi connectivity index (χ4v) is 3.73. The van der Waals surface area contributed by atoms with Crippen molar-refractivity contribution in [1.29, 1.82) is 0 Å². The Labute approximate surface area is 171 Å². The van der Waals surface area contributed by atoms with Gasteiger partial charge in [-0.3, -0.25) is 5.32 Å². The summed E-state index contributed by atoms with van der Waals surface area (Å²) in [4.78, 5) is 7.86. The Morgan fingerprint density at radius 3 is 2.41 bits per heavy atom. The standard InChI is InChI=1S/C25H25N3O/c1-15-5-6-17(3)21(13-15)24(28-22-14-16(2)11-12-26-22)20-10-9-19-8-7-18(4)27-23(19)25(20)29/h5-14,24,29H,1-4H3,(H,26,28)/p+1/t24-/m0/s1. The number of aromatic hydroxyl groups is 1. The topological polar surface area (TPSA) is 59.3 Å². The van der Waals surface area contributed by atoms with Crippen LogP contribution in [0.25, 0.3) is 10.9 Å². The van der Waals surface area contributed by atoms with Crippen LogP contribution in [0.15, 0.2) is 60.8 Å². The number of anilines is 1. The van der Waals surface area contributed by atoms with Gasteiger partial charge in [0.15, 0.2) is 0 Å². The Kier molecular flexibility index (Phi) is 4.93.